The van der Waals surface area contributed by atoms with E-state index >= 15 is 0 Å². The Morgan fingerprint density at radius 3 is 2.71 bits per heavy atom. The minimum Gasteiger partial charge on any atom is -0.377 e. The van der Waals surface area contributed by atoms with Gasteiger partial charge in [-0.2, -0.15) is 0 Å². The average Bonchev–Trinajstić information content (AvgIpc) is 2.89. The van der Waals surface area contributed by atoms with Crippen LogP contribution in [0.3, 0.4) is 0 Å². The highest BCUT2D eigenvalue weighted by molar-refractivity contribution is 7.18. The van der Waals surface area contributed by atoms with Gasteiger partial charge < -0.3 is 10.1 Å². The highest BCUT2D eigenvalue weighted by Crippen LogP contribution is 2.32. The zero-order valence-electron chi connectivity index (χ0n) is 14.4. The summed E-state index contributed by atoms with van der Waals surface area (Å²) in [5.41, 5.74) is 3.73. The third-order valence-electron chi connectivity index (χ3n) is 4.14. The second-order valence-electron chi connectivity index (χ2n) is 5.86. The molecule has 3 aromatic rings. The molecule has 24 heavy (non-hydrogen) atoms. The van der Waals surface area contributed by atoms with Crippen molar-refractivity contribution < 1.29 is 4.74 Å². The van der Waals surface area contributed by atoms with E-state index < -0.39 is 0 Å². The van der Waals surface area contributed by atoms with E-state index in [-0.39, 0.29) is 0 Å². The molecule has 0 saturated heterocycles. The van der Waals surface area contributed by atoms with Crippen LogP contribution in [0.25, 0.3) is 10.2 Å². The van der Waals surface area contributed by atoms with Crippen LogP contribution in [0.5, 0.6) is 0 Å². The molecule has 1 aromatic carbocycles. The van der Waals surface area contributed by atoms with Crippen molar-refractivity contribution in [1.82, 2.24) is 9.97 Å². The fraction of sp³-hybridized carbons (Fsp3) is 0.368. The molecule has 126 valence electrons. The Labute approximate surface area is 146 Å². The third-order valence-corrected chi connectivity index (χ3v) is 5.25. The van der Waals surface area contributed by atoms with Gasteiger partial charge in [0.2, 0.25) is 0 Å². The van der Waals surface area contributed by atoms with Crippen molar-refractivity contribution in [3.05, 3.63) is 52.2 Å². The van der Waals surface area contributed by atoms with Crippen LogP contribution in [0.4, 0.5) is 5.82 Å². The molecule has 5 heteroatoms. The number of rotatable bonds is 7. The fourth-order valence-electron chi connectivity index (χ4n) is 2.69. The van der Waals surface area contributed by atoms with E-state index in [2.05, 4.69) is 60.3 Å². The third kappa shape index (κ3) is 3.57. The summed E-state index contributed by atoms with van der Waals surface area (Å²) in [6.45, 7) is 8.56. The predicted octanol–water partition coefficient (Wildman–Crippen LogP) is 4.85. The van der Waals surface area contributed by atoms with Crippen LogP contribution in [0, 0.1) is 13.8 Å². The van der Waals surface area contributed by atoms with E-state index in [0.717, 1.165) is 35.6 Å². The number of nitrogens with one attached hydrogen (secondary N) is 1. The highest BCUT2D eigenvalue weighted by atomic mass is 32.1. The van der Waals surface area contributed by atoms with E-state index in [4.69, 9.17) is 4.74 Å². The second-order valence-corrected chi connectivity index (χ2v) is 7.06. The first kappa shape index (κ1) is 16.9. The Morgan fingerprint density at radius 1 is 1.12 bits per heavy atom. The molecule has 0 aliphatic carbocycles. The molecule has 0 aliphatic rings. The lowest BCUT2D eigenvalue weighted by molar-refractivity contribution is 0.121. The molecule has 0 saturated carbocycles. The van der Waals surface area contributed by atoms with Gasteiger partial charge in [0.25, 0.3) is 0 Å². The topological polar surface area (TPSA) is 47.0 Å². The lowest BCUT2D eigenvalue weighted by Gasteiger charge is -2.12. The van der Waals surface area contributed by atoms with Crippen LogP contribution < -0.4 is 5.32 Å². The van der Waals surface area contributed by atoms with E-state index in [1.54, 1.807) is 17.7 Å². The summed E-state index contributed by atoms with van der Waals surface area (Å²) in [4.78, 5) is 11.2. The zero-order valence-corrected chi connectivity index (χ0v) is 15.2. The summed E-state index contributed by atoms with van der Waals surface area (Å²) in [5, 5.41) is 4.63. The lowest BCUT2D eigenvalue weighted by Crippen LogP contribution is -2.06. The van der Waals surface area contributed by atoms with Crippen LogP contribution in [0.2, 0.25) is 0 Å². The number of thiophene rings is 1. The van der Waals surface area contributed by atoms with Crippen LogP contribution in [0.15, 0.2) is 30.6 Å². The predicted molar refractivity (Wildman–Crippen MR) is 101 cm³/mol. The van der Waals surface area contributed by atoms with Crippen molar-refractivity contribution in [2.75, 3.05) is 11.9 Å². The standard InChI is InChI=1S/C19H23N3OS/c1-4-9-23-11-16-8-6-5-7-15(16)10-20-18-17-13(2)14(3)24-19(17)22-12-21-18/h5-8,12H,4,9-11H2,1-3H3,(H,20,21,22). The monoisotopic (exact) mass is 341 g/mol. The van der Waals surface area contributed by atoms with E-state index in [9.17, 15) is 0 Å². The maximum atomic E-state index is 5.70. The largest absolute Gasteiger partial charge is 0.377 e. The number of nitrogens with zero attached hydrogens (tertiary/aromatic N) is 2. The summed E-state index contributed by atoms with van der Waals surface area (Å²) in [6, 6.07) is 8.39. The van der Waals surface area contributed by atoms with Gasteiger partial charge in [-0.25, -0.2) is 9.97 Å². The summed E-state index contributed by atoms with van der Waals surface area (Å²) in [7, 11) is 0. The van der Waals surface area contributed by atoms with Crippen molar-refractivity contribution in [3.8, 4) is 0 Å². The zero-order chi connectivity index (χ0) is 16.9. The van der Waals surface area contributed by atoms with Gasteiger partial charge in [0.1, 0.15) is 17.0 Å². The molecule has 2 aromatic heterocycles. The number of ether oxygens (including phenoxy) is 1. The van der Waals surface area contributed by atoms with Crippen LogP contribution in [0.1, 0.15) is 34.9 Å². The summed E-state index contributed by atoms with van der Waals surface area (Å²) < 4.78 is 5.70. The first-order chi connectivity index (χ1) is 11.7. The van der Waals surface area contributed by atoms with Gasteiger partial charge in [-0.15, -0.1) is 11.3 Å². The van der Waals surface area contributed by atoms with Gasteiger partial charge in [0, 0.05) is 18.0 Å². The lowest BCUT2D eigenvalue weighted by atomic mass is 10.1. The fourth-order valence-corrected chi connectivity index (χ4v) is 3.69. The molecule has 3 rings (SSSR count). The molecular weight excluding hydrogens is 318 g/mol. The van der Waals surface area contributed by atoms with Gasteiger partial charge in [-0.3, -0.25) is 0 Å². The molecule has 0 bridgehead atoms. The Bertz CT molecular complexity index is 829. The van der Waals surface area contributed by atoms with Gasteiger partial charge in [0.15, 0.2) is 0 Å². The Morgan fingerprint density at radius 2 is 1.92 bits per heavy atom. The smallest absolute Gasteiger partial charge is 0.138 e. The molecular formula is C19H23N3OS. The summed E-state index contributed by atoms with van der Waals surface area (Å²) >= 11 is 1.72. The molecule has 2 heterocycles. The van der Waals surface area contributed by atoms with Crippen LogP contribution in [-0.2, 0) is 17.9 Å². The summed E-state index contributed by atoms with van der Waals surface area (Å²) in [5.74, 6) is 0.908. The van der Waals surface area contributed by atoms with Crippen LogP contribution in [-0.4, -0.2) is 16.6 Å². The number of anilines is 1. The Balaban J connectivity index is 1.79. The molecule has 0 aliphatic heterocycles. The van der Waals surface area contributed by atoms with Crippen molar-refractivity contribution >= 4 is 27.4 Å². The highest BCUT2D eigenvalue weighted by Gasteiger charge is 2.12. The van der Waals surface area contributed by atoms with E-state index in [1.807, 2.05) is 0 Å². The number of aromatic nitrogens is 2. The minimum absolute atomic E-state index is 0.654. The number of hydrogen-bond donors (Lipinski definition) is 1. The normalized spacial score (nSPS) is 11.1. The number of benzene rings is 1. The molecule has 0 spiro atoms. The van der Waals surface area contributed by atoms with Gasteiger partial charge in [-0.05, 0) is 37.0 Å². The Kier molecular flexibility index (Phi) is 5.43. The second kappa shape index (κ2) is 7.73. The molecule has 0 atom stereocenters. The molecule has 4 nitrogen and oxygen atoms in total. The SMILES string of the molecule is CCCOCc1ccccc1CNc1ncnc2sc(C)c(C)c12. The molecule has 0 unspecified atom stereocenters. The van der Waals surface area contributed by atoms with E-state index in [1.165, 1.54) is 21.6 Å². The van der Waals surface area contributed by atoms with Crippen molar-refractivity contribution in [1.29, 1.82) is 0 Å². The number of aryl methyl sites for hydroxylation is 2. The molecule has 0 fully saturated rings. The Hall–Kier alpha value is -1.98. The molecule has 0 amide bonds. The number of hydrogen-bond acceptors (Lipinski definition) is 5. The maximum absolute atomic E-state index is 5.70. The minimum atomic E-state index is 0.654. The first-order valence-corrected chi connectivity index (χ1v) is 9.11. The van der Waals surface area contributed by atoms with Gasteiger partial charge >= 0.3 is 0 Å². The maximum Gasteiger partial charge on any atom is 0.138 e. The van der Waals surface area contributed by atoms with Crippen LogP contribution >= 0.6 is 11.3 Å². The van der Waals surface area contributed by atoms with Crippen molar-refractivity contribution in [3.63, 3.8) is 0 Å². The average molecular weight is 341 g/mol. The van der Waals surface area contributed by atoms with Crippen molar-refractivity contribution in [2.45, 2.75) is 40.3 Å². The number of fused-ring (bicyclic) bond motifs is 1. The quantitative estimate of drug-likeness (QED) is 0.624. The first-order valence-electron chi connectivity index (χ1n) is 8.29. The van der Waals surface area contributed by atoms with E-state index in [0.29, 0.717) is 6.61 Å². The van der Waals surface area contributed by atoms with Crippen molar-refractivity contribution in [2.24, 2.45) is 0 Å². The van der Waals surface area contributed by atoms with Gasteiger partial charge in [-0.1, -0.05) is 31.2 Å². The van der Waals surface area contributed by atoms with Gasteiger partial charge in [0.05, 0.1) is 12.0 Å². The summed E-state index contributed by atoms with van der Waals surface area (Å²) in [6.07, 6.45) is 2.67. The molecule has 0 radical (unpaired) electrons. The molecule has 1 N–H and O–H groups in total.